The summed E-state index contributed by atoms with van der Waals surface area (Å²) in [7, 11) is 4.48. The van der Waals surface area contributed by atoms with E-state index in [-0.39, 0.29) is 11.6 Å². The monoisotopic (exact) mass is 320 g/mol. The van der Waals surface area contributed by atoms with Crippen molar-refractivity contribution in [2.24, 2.45) is 11.7 Å². The van der Waals surface area contributed by atoms with Crippen molar-refractivity contribution in [2.45, 2.75) is 42.7 Å². The van der Waals surface area contributed by atoms with Crippen LogP contribution in [0.4, 0.5) is 0 Å². The molecule has 3 aliphatic rings. The first-order chi connectivity index (χ1) is 11.6. The molecule has 126 valence electrons. The summed E-state index contributed by atoms with van der Waals surface area (Å²) in [5, 5.41) is 0. The van der Waals surface area contributed by atoms with E-state index in [1.807, 2.05) is 0 Å². The quantitative estimate of drug-likeness (QED) is 0.926. The van der Waals surface area contributed by atoms with Crippen molar-refractivity contribution in [1.29, 1.82) is 0 Å². The lowest BCUT2D eigenvalue weighted by molar-refractivity contribution is -0.0223. The van der Waals surface area contributed by atoms with Gasteiger partial charge in [-0.15, -0.1) is 0 Å². The second-order valence-electron chi connectivity index (χ2n) is 8.01. The molecule has 2 heteroatoms. The van der Waals surface area contributed by atoms with Crippen LogP contribution in [0.25, 0.3) is 0 Å². The van der Waals surface area contributed by atoms with E-state index < -0.39 is 0 Å². The van der Waals surface area contributed by atoms with Gasteiger partial charge in [-0.05, 0) is 62.2 Å². The topological polar surface area (TPSA) is 29.3 Å². The molecule has 3 aliphatic carbocycles. The van der Waals surface area contributed by atoms with Crippen LogP contribution < -0.4 is 5.73 Å². The third kappa shape index (κ3) is 2.49. The maximum Gasteiger partial charge on any atom is 0.0230 e. The Morgan fingerprint density at radius 1 is 0.792 bits per heavy atom. The minimum absolute atomic E-state index is 0.217. The molecule has 3 unspecified atom stereocenters. The summed E-state index contributed by atoms with van der Waals surface area (Å²) in [6.07, 6.45) is 3.58. The van der Waals surface area contributed by atoms with E-state index in [4.69, 9.17) is 5.73 Å². The maximum atomic E-state index is 6.77. The van der Waals surface area contributed by atoms with Gasteiger partial charge >= 0.3 is 0 Å². The Kier molecular flexibility index (Phi) is 3.98. The van der Waals surface area contributed by atoms with E-state index in [1.165, 1.54) is 24.0 Å². The molecule has 2 bridgehead atoms. The van der Waals surface area contributed by atoms with Crippen molar-refractivity contribution in [3.8, 4) is 0 Å². The number of nitrogens with two attached hydrogens (primary N) is 1. The van der Waals surface area contributed by atoms with Gasteiger partial charge in [0.1, 0.15) is 0 Å². The molecule has 2 nitrogen and oxygen atoms in total. The lowest BCUT2D eigenvalue weighted by Crippen LogP contribution is -2.62. The van der Waals surface area contributed by atoms with Crippen LogP contribution in [0, 0.1) is 5.92 Å². The van der Waals surface area contributed by atoms with Crippen LogP contribution >= 0.6 is 0 Å². The van der Waals surface area contributed by atoms with Gasteiger partial charge < -0.3 is 10.6 Å². The summed E-state index contributed by atoms with van der Waals surface area (Å²) < 4.78 is 0. The van der Waals surface area contributed by atoms with Crippen LogP contribution in [0.3, 0.4) is 0 Å². The van der Waals surface area contributed by atoms with Gasteiger partial charge in [0.2, 0.25) is 0 Å². The molecule has 3 fully saturated rings. The Morgan fingerprint density at radius 3 is 1.67 bits per heavy atom. The van der Waals surface area contributed by atoms with E-state index in [0.717, 1.165) is 6.42 Å². The Morgan fingerprint density at radius 2 is 1.25 bits per heavy atom. The molecule has 0 heterocycles. The van der Waals surface area contributed by atoms with Crippen molar-refractivity contribution in [1.82, 2.24) is 4.90 Å². The van der Waals surface area contributed by atoms with Crippen LogP contribution in [0.15, 0.2) is 60.7 Å². The molecule has 0 spiro atoms. The van der Waals surface area contributed by atoms with Gasteiger partial charge in [0.25, 0.3) is 0 Å². The molecule has 5 rings (SSSR count). The van der Waals surface area contributed by atoms with Crippen molar-refractivity contribution < 1.29 is 0 Å². The predicted molar refractivity (Wildman–Crippen MR) is 100 cm³/mol. The SMILES string of the molecule is CN(C)C12CC(N)C(C(c3ccccc3)C1)C(c1ccccc1)C2. The van der Waals surface area contributed by atoms with E-state index >= 15 is 0 Å². The van der Waals surface area contributed by atoms with Crippen LogP contribution in [-0.2, 0) is 0 Å². The number of hydrogen-bond donors (Lipinski definition) is 1. The Labute approximate surface area is 145 Å². The fourth-order valence-corrected chi connectivity index (χ4v) is 5.42. The molecule has 0 aromatic heterocycles. The molecular weight excluding hydrogens is 292 g/mol. The largest absolute Gasteiger partial charge is 0.327 e. The Bertz CT molecular complexity index is 630. The molecule has 0 radical (unpaired) electrons. The highest BCUT2D eigenvalue weighted by Gasteiger charge is 2.55. The van der Waals surface area contributed by atoms with Crippen LogP contribution in [0.1, 0.15) is 42.2 Å². The minimum atomic E-state index is 0.217. The number of nitrogens with zero attached hydrogens (tertiary/aromatic N) is 1. The Balaban J connectivity index is 1.80. The van der Waals surface area contributed by atoms with Gasteiger partial charge in [-0.3, -0.25) is 0 Å². The van der Waals surface area contributed by atoms with Crippen LogP contribution in [0.5, 0.6) is 0 Å². The van der Waals surface area contributed by atoms with Gasteiger partial charge in [0.05, 0.1) is 0 Å². The van der Waals surface area contributed by atoms with Crippen molar-refractivity contribution >= 4 is 0 Å². The van der Waals surface area contributed by atoms with E-state index in [2.05, 4.69) is 79.7 Å². The fourth-order valence-electron chi connectivity index (χ4n) is 5.42. The molecule has 0 aliphatic heterocycles. The second-order valence-corrected chi connectivity index (χ2v) is 8.01. The first kappa shape index (κ1) is 15.9. The van der Waals surface area contributed by atoms with Crippen molar-refractivity contribution in [2.75, 3.05) is 14.1 Å². The van der Waals surface area contributed by atoms with E-state index in [1.54, 1.807) is 0 Å². The number of benzene rings is 2. The number of rotatable bonds is 3. The zero-order valence-electron chi connectivity index (χ0n) is 14.7. The molecule has 2 N–H and O–H groups in total. The van der Waals surface area contributed by atoms with Gasteiger partial charge in [0, 0.05) is 11.6 Å². The fraction of sp³-hybridized carbons (Fsp3) is 0.455. The summed E-state index contributed by atoms with van der Waals surface area (Å²) in [6, 6.07) is 22.4. The second kappa shape index (κ2) is 6.02. The standard InChI is InChI=1S/C22H28N2/c1-24(2)22-13-18(16-9-5-3-6-10-16)21(20(23)15-22)19(14-22)17-11-7-4-8-12-17/h3-12,18-21H,13-15,23H2,1-2H3. The van der Waals surface area contributed by atoms with Gasteiger partial charge in [-0.25, -0.2) is 0 Å². The molecular formula is C22H28N2. The summed E-state index contributed by atoms with van der Waals surface area (Å²) in [5.41, 5.74) is 9.91. The van der Waals surface area contributed by atoms with E-state index in [9.17, 15) is 0 Å². The zero-order valence-corrected chi connectivity index (χ0v) is 14.7. The molecule has 3 saturated carbocycles. The highest BCUT2D eigenvalue weighted by atomic mass is 15.2. The minimum Gasteiger partial charge on any atom is -0.327 e. The van der Waals surface area contributed by atoms with E-state index in [0.29, 0.717) is 17.8 Å². The average Bonchev–Trinajstić information content (AvgIpc) is 2.62. The van der Waals surface area contributed by atoms with Gasteiger partial charge in [-0.1, -0.05) is 60.7 Å². The highest BCUT2D eigenvalue weighted by Crippen LogP contribution is 2.58. The number of fused-ring (bicyclic) bond motifs is 3. The lowest BCUT2D eigenvalue weighted by atomic mass is 9.51. The third-order valence-electron chi connectivity index (χ3n) is 6.64. The third-order valence-corrected chi connectivity index (χ3v) is 6.64. The lowest BCUT2D eigenvalue weighted by Gasteiger charge is -2.60. The van der Waals surface area contributed by atoms with Crippen LogP contribution in [0.2, 0.25) is 0 Å². The molecule has 2 aromatic carbocycles. The smallest absolute Gasteiger partial charge is 0.0230 e. The average molecular weight is 320 g/mol. The van der Waals surface area contributed by atoms with Crippen molar-refractivity contribution in [3.63, 3.8) is 0 Å². The first-order valence-electron chi connectivity index (χ1n) is 9.14. The molecule has 0 saturated heterocycles. The zero-order chi connectivity index (χ0) is 16.7. The summed E-state index contributed by atoms with van der Waals surface area (Å²) in [6.45, 7) is 0. The normalized spacial score (nSPS) is 35.3. The molecule has 24 heavy (non-hydrogen) atoms. The van der Waals surface area contributed by atoms with Crippen LogP contribution in [-0.4, -0.2) is 30.6 Å². The number of hydrogen-bond acceptors (Lipinski definition) is 2. The summed E-state index contributed by atoms with van der Waals surface area (Å²) in [4.78, 5) is 2.45. The molecule has 2 aromatic rings. The predicted octanol–water partition coefficient (Wildman–Crippen LogP) is 4.00. The summed E-state index contributed by atoms with van der Waals surface area (Å²) in [5.74, 6) is 1.64. The molecule has 0 amide bonds. The van der Waals surface area contributed by atoms with Gasteiger partial charge in [-0.2, -0.15) is 0 Å². The van der Waals surface area contributed by atoms with Gasteiger partial charge in [0.15, 0.2) is 0 Å². The maximum absolute atomic E-state index is 6.77. The highest BCUT2D eigenvalue weighted by molar-refractivity contribution is 5.32. The molecule has 3 atom stereocenters. The summed E-state index contributed by atoms with van der Waals surface area (Å²) >= 11 is 0. The van der Waals surface area contributed by atoms with Crippen molar-refractivity contribution in [3.05, 3.63) is 71.8 Å². The first-order valence-corrected chi connectivity index (χ1v) is 9.14. The Hall–Kier alpha value is -1.64.